The van der Waals surface area contributed by atoms with E-state index in [4.69, 9.17) is 14.4 Å². The second kappa shape index (κ2) is 7.97. The Balaban J connectivity index is 0.000000371. The molecule has 0 aromatic carbocycles. The summed E-state index contributed by atoms with van der Waals surface area (Å²) < 4.78 is 4.94. The van der Waals surface area contributed by atoms with E-state index >= 15 is 0 Å². The van der Waals surface area contributed by atoms with E-state index in [1.54, 1.807) is 0 Å². The van der Waals surface area contributed by atoms with Crippen molar-refractivity contribution in [2.24, 2.45) is 0 Å². The average Bonchev–Trinajstić information content (AvgIpc) is 2.10. The Morgan fingerprint density at radius 2 is 1.70 bits per heavy atom. The van der Waals surface area contributed by atoms with Crippen molar-refractivity contribution in [1.82, 2.24) is 0 Å². The topological polar surface area (TPSA) is 9.23 Å². The molecule has 0 atom stereocenters. The summed E-state index contributed by atoms with van der Waals surface area (Å²) in [6, 6.07) is 0. The average molecular weight is 214 g/mol. The molecule has 1 aliphatic rings. The summed E-state index contributed by atoms with van der Waals surface area (Å²) in [4.78, 5) is 0. The van der Waals surface area contributed by atoms with Gasteiger partial charge in [-0.15, -0.1) is 0 Å². The van der Waals surface area contributed by atoms with Gasteiger partial charge in [-0.3, -0.25) is 0 Å². The van der Waals surface area contributed by atoms with Crippen LogP contribution in [0.5, 0.6) is 0 Å². The van der Waals surface area contributed by atoms with Gasteiger partial charge in [0.1, 0.15) is 0 Å². The van der Waals surface area contributed by atoms with E-state index in [1.807, 2.05) is 0 Å². The molecule has 0 aromatic heterocycles. The number of hydrogen-bond donors (Lipinski definition) is 0. The van der Waals surface area contributed by atoms with Crippen LogP contribution in [0.1, 0.15) is 32.1 Å². The molecule has 0 amide bonds. The molecule has 0 aromatic rings. The molecule has 0 spiro atoms. The number of hydrogen-bond acceptors (Lipinski definition) is 1. The van der Waals surface area contributed by atoms with Crippen molar-refractivity contribution in [2.45, 2.75) is 38.2 Å². The van der Waals surface area contributed by atoms with Gasteiger partial charge >= 0.3 is 27.0 Å². The molecule has 0 N–H and O–H groups in total. The summed E-state index contributed by atoms with van der Waals surface area (Å²) in [5.74, 6) is 0. The summed E-state index contributed by atoms with van der Waals surface area (Å²) in [6.07, 6.45) is 6.98. The van der Waals surface area contributed by atoms with E-state index in [0.717, 1.165) is 17.3 Å². The van der Waals surface area contributed by atoms with Crippen molar-refractivity contribution in [1.29, 1.82) is 0 Å². The molecule has 0 aliphatic heterocycles. The van der Waals surface area contributed by atoms with Gasteiger partial charge in [0.2, 0.25) is 0 Å². The molecule has 0 heterocycles. The fourth-order valence-corrected chi connectivity index (χ4v) is 1.23. The predicted molar refractivity (Wildman–Crippen MR) is 39.2 cm³/mol. The fourth-order valence-electron chi connectivity index (χ4n) is 1.23. The van der Waals surface area contributed by atoms with Crippen LogP contribution in [0.4, 0.5) is 0 Å². The molecule has 3 heteroatoms. The van der Waals surface area contributed by atoms with Crippen LogP contribution >= 0.6 is 9.69 Å². The Kier molecular flexibility index (Phi) is 8.67. The molecule has 0 saturated heterocycles. The SMILES string of the molecule is [CH2-]OC1CCCCC1.[Cl][Zn+]. The molecule has 1 saturated carbocycles. The van der Waals surface area contributed by atoms with Gasteiger partial charge in [-0.05, 0) is 12.8 Å². The number of ether oxygens (including phenoxy) is 1. The molecule has 0 radical (unpaired) electrons. The molecule has 1 fully saturated rings. The monoisotopic (exact) mass is 212 g/mol. The van der Waals surface area contributed by atoms with Crippen LogP contribution in [0, 0.1) is 7.11 Å². The second-order valence-corrected chi connectivity index (χ2v) is 2.43. The van der Waals surface area contributed by atoms with E-state index in [-0.39, 0.29) is 0 Å². The first-order valence-electron chi connectivity index (χ1n) is 3.61. The van der Waals surface area contributed by atoms with Crippen molar-refractivity contribution in [3.63, 3.8) is 0 Å². The van der Waals surface area contributed by atoms with Gasteiger partial charge in [-0.1, -0.05) is 19.3 Å². The van der Waals surface area contributed by atoms with E-state index in [2.05, 4.69) is 7.11 Å². The van der Waals surface area contributed by atoms with Crippen LogP contribution in [-0.2, 0) is 22.0 Å². The van der Waals surface area contributed by atoms with E-state index in [0.29, 0.717) is 6.10 Å². The number of rotatable bonds is 1. The minimum absolute atomic E-state index is 0.476. The van der Waals surface area contributed by atoms with Crippen LogP contribution < -0.4 is 0 Å². The van der Waals surface area contributed by atoms with Gasteiger partial charge in [0, 0.05) is 6.10 Å². The Morgan fingerprint density at radius 3 is 2.00 bits per heavy atom. The van der Waals surface area contributed by atoms with Gasteiger partial charge in [0.25, 0.3) is 0 Å². The van der Waals surface area contributed by atoms with Gasteiger partial charge in [-0.2, -0.15) is 0 Å². The summed E-state index contributed by atoms with van der Waals surface area (Å²) in [5.41, 5.74) is 0. The third-order valence-electron chi connectivity index (χ3n) is 1.79. The molecule has 1 aliphatic carbocycles. The first kappa shape index (κ1) is 10.9. The van der Waals surface area contributed by atoms with Crippen LogP contribution in [0.15, 0.2) is 0 Å². The normalized spacial score (nSPS) is 19.6. The third-order valence-corrected chi connectivity index (χ3v) is 1.79. The quantitative estimate of drug-likeness (QED) is 0.481. The molecule has 0 bridgehead atoms. The molecule has 0 unspecified atom stereocenters. The van der Waals surface area contributed by atoms with Crippen molar-refractivity contribution in [3.05, 3.63) is 7.11 Å². The fraction of sp³-hybridized carbons (Fsp3) is 0.857. The Morgan fingerprint density at radius 1 is 1.20 bits per heavy atom. The van der Waals surface area contributed by atoms with E-state index < -0.39 is 0 Å². The van der Waals surface area contributed by atoms with Crippen LogP contribution in [0.2, 0.25) is 0 Å². The van der Waals surface area contributed by atoms with E-state index in [1.165, 1.54) is 32.1 Å². The summed E-state index contributed by atoms with van der Waals surface area (Å²) in [6.45, 7) is 0. The van der Waals surface area contributed by atoms with Crippen molar-refractivity contribution in [2.75, 3.05) is 0 Å². The number of halogens is 1. The molecule has 56 valence electrons. The van der Waals surface area contributed by atoms with Crippen LogP contribution in [-0.4, -0.2) is 6.10 Å². The standard InChI is InChI=1S/C7H13O.ClH.Zn/c1-8-7-5-3-2-4-6-7;;/h7H,1-6H2;1H;/q-1;;+2/p-1. The first-order valence-corrected chi connectivity index (χ1v) is 7.51. The van der Waals surface area contributed by atoms with E-state index in [9.17, 15) is 0 Å². The van der Waals surface area contributed by atoms with Crippen molar-refractivity contribution >= 4 is 9.69 Å². The van der Waals surface area contributed by atoms with Gasteiger partial charge in [0.15, 0.2) is 0 Å². The molecular formula is C7H13ClOZn. The summed E-state index contributed by atoms with van der Waals surface area (Å²) in [5, 5.41) is 0. The zero-order valence-corrected chi connectivity index (χ0v) is 10.0. The molecule has 1 nitrogen and oxygen atoms in total. The minimum atomic E-state index is 0.476. The van der Waals surface area contributed by atoms with Gasteiger partial charge in [-0.25, -0.2) is 7.11 Å². The third kappa shape index (κ3) is 4.65. The summed E-state index contributed by atoms with van der Waals surface area (Å²) >= 11 is 0.847. The van der Waals surface area contributed by atoms with Crippen LogP contribution in [0.25, 0.3) is 0 Å². The second-order valence-electron chi connectivity index (χ2n) is 2.43. The predicted octanol–water partition coefficient (Wildman–Crippen LogP) is 2.81. The molecule has 10 heavy (non-hydrogen) atoms. The van der Waals surface area contributed by atoms with Gasteiger partial charge in [0.05, 0.1) is 0 Å². The van der Waals surface area contributed by atoms with Crippen molar-refractivity contribution in [3.8, 4) is 0 Å². The first-order chi connectivity index (χ1) is 4.93. The van der Waals surface area contributed by atoms with Crippen molar-refractivity contribution < 1.29 is 22.0 Å². The maximum absolute atomic E-state index is 4.94. The summed E-state index contributed by atoms with van der Waals surface area (Å²) in [7, 11) is 8.17. The molecule has 1 rings (SSSR count). The van der Waals surface area contributed by atoms with Crippen LogP contribution in [0.3, 0.4) is 0 Å². The Bertz CT molecular complexity index is 64.6. The zero-order chi connectivity index (χ0) is 7.82. The van der Waals surface area contributed by atoms with Gasteiger partial charge < -0.3 is 4.74 Å². The zero-order valence-electron chi connectivity index (χ0n) is 6.31. The Labute approximate surface area is 77.2 Å². The Hall–Kier alpha value is 0.873. The molecular weight excluding hydrogens is 201 g/mol. The maximum atomic E-state index is 4.94.